The molecular weight excluding hydrogens is 482 g/mol. The Bertz CT molecular complexity index is 1100. The fourth-order valence-electron chi connectivity index (χ4n) is 6.50. The molecule has 200 valence electrons. The third kappa shape index (κ3) is 5.16. The lowest BCUT2D eigenvalue weighted by molar-refractivity contribution is -0.0329. The molecule has 2 aromatic rings. The van der Waals surface area contributed by atoms with Gasteiger partial charge in [-0.05, 0) is 50.5 Å². The first-order valence-corrected chi connectivity index (χ1v) is 15.4. The highest BCUT2D eigenvalue weighted by molar-refractivity contribution is 7.97. The maximum atomic E-state index is 5.26. The number of piperidine rings is 1. The van der Waals surface area contributed by atoms with Crippen LogP contribution in [0.4, 0.5) is 11.8 Å². The number of pyridine rings is 1. The fraction of sp³-hybridized carbons (Fsp3) is 0.750. The lowest BCUT2D eigenvalue weighted by Crippen LogP contribution is -2.72. The zero-order chi connectivity index (χ0) is 24.8. The summed E-state index contributed by atoms with van der Waals surface area (Å²) in [6, 6.07) is 2.68. The van der Waals surface area contributed by atoms with Gasteiger partial charge in [0.2, 0.25) is 5.95 Å². The summed E-state index contributed by atoms with van der Waals surface area (Å²) in [5.74, 6) is 4.74. The van der Waals surface area contributed by atoms with E-state index in [1.807, 2.05) is 6.20 Å². The van der Waals surface area contributed by atoms with Gasteiger partial charge in [-0.15, -0.1) is 0 Å². The number of fused-ring (bicyclic) bond motifs is 1. The summed E-state index contributed by atoms with van der Waals surface area (Å²) in [6.45, 7) is 8.66. The Labute approximate surface area is 225 Å². The van der Waals surface area contributed by atoms with E-state index in [4.69, 9.17) is 19.7 Å². The van der Waals surface area contributed by atoms with Crippen molar-refractivity contribution < 1.29 is 4.74 Å². The summed E-state index contributed by atoms with van der Waals surface area (Å²) in [6.07, 6.45) is 11.2. The smallest absolute Gasteiger partial charge is 0.223 e. The van der Waals surface area contributed by atoms with Crippen LogP contribution in [-0.4, -0.2) is 95.5 Å². The van der Waals surface area contributed by atoms with Crippen molar-refractivity contribution in [3.63, 3.8) is 0 Å². The van der Waals surface area contributed by atoms with Crippen LogP contribution in [0.15, 0.2) is 12.3 Å². The molecule has 7 rings (SSSR count). The average Bonchev–Trinajstić information content (AvgIpc) is 3.68. The molecular formula is C28H41N7OS. The van der Waals surface area contributed by atoms with Crippen molar-refractivity contribution in [2.24, 2.45) is 11.3 Å². The van der Waals surface area contributed by atoms with Crippen molar-refractivity contribution in [2.75, 3.05) is 75.5 Å². The van der Waals surface area contributed by atoms with Gasteiger partial charge in [0.1, 0.15) is 5.52 Å². The van der Waals surface area contributed by atoms with Gasteiger partial charge in [0.05, 0.1) is 6.61 Å². The van der Waals surface area contributed by atoms with Crippen molar-refractivity contribution >= 4 is 34.6 Å². The summed E-state index contributed by atoms with van der Waals surface area (Å²) >= 11 is 2.08. The van der Waals surface area contributed by atoms with Crippen molar-refractivity contribution in [2.45, 2.75) is 56.9 Å². The van der Waals surface area contributed by atoms with Crippen LogP contribution in [0.2, 0.25) is 0 Å². The summed E-state index contributed by atoms with van der Waals surface area (Å²) in [5, 5.41) is 4.81. The Morgan fingerprint density at radius 1 is 1.05 bits per heavy atom. The van der Waals surface area contributed by atoms with E-state index in [0.29, 0.717) is 17.4 Å². The first-order chi connectivity index (χ1) is 18.2. The van der Waals surface area contributed by atoms with Gasteiger partial charge in [-0.2, -0.15) is 0 Å². The molecule has 37 heavy (non-hydrogen) atoms. The van der Waals surface area contributed by atoms with Crippen molar-refractivity contribution in [3.05, 3.63) is 18.0 Å². The van der Waals surface area contributed by atoms with Crippen LogP contribution < -0.4 is 10.2 Å². The van der Waals surface area contributed by atoms with Crippen molar-refractivity contribution in [1.29, 1.82) is 0 Å². The second-order valence-electron chi connectivity index (χ2n) is 12.3. The van der Waals surface area contributed by atoms with Gasteiger partial charge in [0.25, 0.3) is 0 Å². The molecule has 0 bridgehead atoms. The Morgan fingerprint density at radius 2 is 1.86 bits per heavy atom. The Morgan fingerprint density at radius 3 is 2.57 bits per heavy atom. The number of ether oxygens (including phenoxy) is 1. The molecule has 1 N–H and O–H groups in total. The van der Waals surface area contributed by atoms with Crippen LogP contribution in [0.5, 0.6) is 0 Å². The van der Waals surface area contributed by atoms with E-state index in [0.717, 1.165) is 80.8 Å². The maximum absolute atomic E-state index is 5.26. The van der Waals surface area contributed by atoms with E-state index >= 15 is 0 Å². The van der Waals surface area contributed by atoms with Crippen LogP contribution >= 0.6 is 11.9 Å². The summed E-state index contributed by atoms with van der Waals surface area (Å²) < 4.78 is 7.84. The number of methoxy groups -OCH3 is 1. The molecule has 2 aliphatic carbocycles. The number of rotatable bonds is 10. The van der Waals surface area contributed by atoms with Crippen molar-refractivity contribution in [1.82, 2.24) is 24.2 Å². The molecule has 0 amide bonds. The normalized spacial score (nSPS) is 24.7. The van der Waals surface area contributed by atoms with Crippen LogP contribution in [0, 0.1) is 11.3 Å². The van der Waals surface area contributed by atoms with Crippen molar-refractivity contribution in [3.8, 4) is 0 Å². The van der Waals surface area contributed by atoms with Gasteiger partial charge in [0.15, 0.2) is 5.82 Å². The quantitative estimate of drug-likeness (QED) is 0.466. The van der Waals surface area contributed by atoms with E-state index in [1.165, 1.54) is 56.6 Å². The lowest BCUT2D eigenvalue weighted by Gasteiger charge is -2.60. The zero-order valence-corrected chi connectivity index (χ0v) is 23.0. The Balaban J connectivity index is 1.01. The van der Waals surface area contributed by atoms with Crippen LogP contribution in [0.3, 0.4) is 0 Å². The Kier molecular flexibility index (Phi) is 6.67. The Hall–Kier alpha value is -1.68. The number of likely N-dealkylation sites (tertiary alicyclic amines) is 1. The van der Waals surface area contributed by atoms with Gasteiger partial charge in [0, 0.05) is 93.3 Å². The second-order valence-corrected chi connectivity index (χ2v) is 13.4. The molecule has 3 aliphatic heterocycles. The molecule has 5 aliphatic rings. The van der Waals surface area contributed by atoms with E-state index in [9.17, 15) is 0 Å². The predicted molar refractivity (Wildman–Crippen MR) is 150 cm³/mol. The number of hydrogen-bond acceptors (Lipinski definition) is 9. The molecule has 3 saturated heterocycles. The number of nitrogens with zero attached hydrogens (tertiary/aromatic N) is 6. The number of aromatic nitrogens is 3. The summed E-state index contributed by atoms with van der Waals surface area (Å²) in [5.41, 5.74) is 2.67. The second kappa shape index (κ2) is 10.1. The highest BCUT2D eigenvalue weighted by Gasteiger charge is 2.52. The molecule has 0 unspecified atom stereocenters. The van der Waals surface area contributed by atoms with Crippen LogP contribution in [-0.2, 0) is 4.74 Å². The molecule has 1 spiro atoms. The SMILES string of the molecule is COCCN1CC2(C1)CN(c1nc(C3CC3)cc3cnc(NC4CCN(SCC5CCC5)CC4)nc13)C2. The molecule has 0 atom stereocenters. The first-order valence-electron chi connectivity index (χ1n) is 14.4. The highest BCUT2D eigenvalue weighted by atomic mass is 32.2. The number of nitrogens with one attached hydrogen (secondary N) is 1. The summed E-state index contributed by atoms with van der Waals surface area (Å²) in [4.78, 5) is 20.0. The molecule has 0 radical (unpaired) electrons. The van der Waals surface area contributed by atoms with Gasteiger partial charge in [-0.3, -0.25) is 9.21 Å². The van der Waals surface area contributed by atoms with E-state index in [-0.39, 0.29) is 0 Å². The highest BCUT2D eigenvalue weighted by Crippen LogP contribution is 2.45. The maximum Gasteiger partial charge on any atom is 0.223 e. The fourth-order valence-corrected chi connectivity index (χ4v) is 7.72. The van der Waals surface area contributed by atoms with Gasteiger partial charge in [-0.25, -0.2) is 15.0 Å². The summed E-state index contributed by atoms with van der Waals surface area (Å²) in [7, 11) is 1.79. The molecule has 5 fully saturated rings. The molecule has 5 heterocycles. The monoisotopic (exact) mass is 523 g/mol. The topological polar surface area (TPSA) is 69.7 Å². The third-order valence-corrected chi connectivity index (χ3v) is 10.5. The van der Waals surface area contributed by atoms with E-state index < -0.39 is 0 Å². The number of anilines is 2. The van der Waals surface area contributed by atoms with E-state index in [2.05, 4.69) is 37.4 Å². The zero-order valence-electron chi connectivity index (χ0n) is 22.2. The standard InChI is InChI=1S/C28H41N7OS/c1-36-12-11-33-16-28(17-33)18-34(19-28)26-25-22(13-24(31-26)21-5-6-21)14-29-27(32-25)30-23-7-9-35(10-8-23)37-15-20-3-2-4-20/h13-14,20-21,23H,2-12,15-19H2,1H3,(H,29,30,32). The lowest BCUT2D eigenvalue weighted by atomic mass is 9.73. The molecule has 0 aromatic carbocycles. The van der Waals surface area contributed by atoms with Gasteiger partial charge < -0.3 is 15.0 Å². The minimum absolute atomic E-state index is 0.427. The molecule has 2 aromatic heterocycles. The molecule has 2 saturated carbocycles. The number of hydrogen-bond donors (Lipinski definition) is 1. The third-order valence-electron chi connectivity index (χ3n) is 9.15. The van der Waals surface area contributed by atoms with Gasteiger partial charge in [-0.1, -0.05) is 18.4 Å². The predicted octanol–water partition coefficient (Wildman–Crippen LogP) is 4.00. The van der Waals surface area contributed by atoms with Crippen LogP contribution in [0.1, 0.15) is 56.6 Å². The molecule has 8 nitrogen and oxygen atoms in total. The minimum Gasteiger partial charge on any atom is -0.383 e. The van der Waals surface area contributed by atoms with Gasteiger partial charge >= 0.3 is 0 Å². The van der Waals surface area contributed by atoms with E-state index in [1.54, 1.807) is 7.11 Å². The average molecular weight is 524 g/mol. The van der Waals surface area contributed by atoms with Crippen LogP contribution in [0.25, 0.3) is 10.9 Å². The molecule has 9 heteroatoms. The largest absolute Gasteiger partial charge is 0.383 e. The first kappa shape index (κ1) is 24.4. The minimum atomic E-state index is 0.427.